The average Bonchev–Trinajstić information content (AvgIpc) is 3.01. The van der Waals surface area contributed by atoms with Crippen molar-refractivity contribution in [3.8, 4) is 0 Å². The van der Waals surface area contributed by atoms with Crippen LogP contribution < -0.4 is 5.32 Å². The van der Waals surface area contributed by atoms with Crippen LogP contribution in [0.15, 0.2) is 18.2 Å². The Hall–Kier alpha value is -2.02. The van der Waals surface area contributed by atoms with Crippen molar-refractivity contribution in [3.63, 3.8) is 0 Å². The number of thioether (sulfide) groups is 1. The molecule has 1 aromatic rings. The summed E-state index contributed by atoms with van der Waals surface area (Å²) in [6.45, 7) is 14.3. The van der Waals surface area contributed by atoms with E-state index in [9.17, 15) is 19.5 Å². The molecule has 2 amide bonds. The first-order valence-electron chi connectivity index (χ1n) is 12.4. The maximum Gasteiger partial charge on any atom is 0.327 e. The third-order valence-electron chi connectivity index (χ3n) is 7.03. The van der Waals surface area contributed by atoms with Gasteiger partial charge in [0.2, 0.25) is 5.91 Å². The number of carboxylic acids is 1. The average molecular weight is 489 g/mol. The molecule has 2 aliphatic heterocycles. The fraction of sp³-hybridized carbons (Fsp3) is 0.667. The monoisotopic (exact) mass is 488 g/mol. The van der Waals surface area contributed by atoms with Gasteiger partial charge in [-0.15, -0.1) is 11.8 Å². The standard InChI is InChI=1S/C27H40N2O4S/c1-16(2)8-10-18-11-13-20(19(14-18)12-9-17(3)4)15-21(30)28-27(7)24(33)29-22(23(31)32)26(5,6)34-25(27)29/h11,13-14,16-17,22,25H,8-10,12,15H2,1-7H3,(H,28,30)(H,31,32)/t22-,25+,27-/m0/s1. The van der Waals surface area contributed by atoms with Crippen molar-refractivity contribution in [2.45, 2.75) is 102 Å². The molecule has 3 atom stereocenters. The van der Waals surface area contributed by atoms with Crippen LogP contribution in [0.1, 0.15) is 78.0 Å². The van der Waals surface area contributed by atoms with Crippen molar-refractivity contribution in [1.29, 1.82) is 0 Å². The van der Waals surface area contributed by atoms with Crippen LogP contribution >= 0.6 is 11.8 Å². The molecule has 6 nitrogen and oxygen atoms in total. The first-order valence-corrected chi connectivity index (χ1v) is 13.3. The van der Waals surface area contributed by atoms with Crippen LogP contribution in [0.2, 0.25) is 0 Å². The predicted octanol–water partition coefficient (Wildman–Crippen LogP) is 4.43. The Bertz CT molecular complexity index is 958. The molecule has 0 unspecified atom stereocenters. The molecule has 0 saturated carbocycles. The Balaban J connectivity index is 1.74. The molecule has 188 valence electrons. The number of carbonyl (C=O) groups is 3. The van der Waals surface area contributed by atoms with Crippen molar-refractivity contribution in [2.24, 2.45) is 11.8 Å². The molecule has 34 heavy (non-hydrogen) atoms. The van der Waals surface area contributed by atoms with E-state index >= 15 is 0 Å². The van der Waals surface area contributed by atoms with E-state index in [-0.39, 0.29) is 23.6 Å². The second-order valence-electron chi connectivity index (χ2n) is 11.4. The fourth-order valence-corrected chi connectivity index (χ4v) is 6.63. The predicted molar refractivity (Wildman–Crippen MR) is 137 cm³/mol. The topological polar surface area (TPSA) is 86.7 Å². The number of benzene rings is 1. The zero-order valence-electron chi connectivity index (χ0n) is 21.6. The summed E-state index contributed by atoms with van der Waals surface area (Å²) in [6.07, 6.45) is 4.35. The molecule has 0 aromatic heterocycles. The number of rotatable bonds is 10. The van der Waals surface area contributed by atoms with Gasteiger partial charge in [-0.3, -0.25) is 9.59 Å². The second-order valence-corrected chi connectivity index (χ2v) is 13.2. The lowest BCUT2D eigenvalue weighted by atomic mass is 9.85. The number of amides is 2. The number of aryl methyl sites for hydroxylation is 2. The second kappa shape index (κ2) is 9.92. The molecule has 0 spiro atoms. The first kappa shape index (κ1) is 26.6. The molecule has 3 rings (SSSR count). The fourth-order valence-electron chi connectivity index (χ4n) is 4.98. The van der Waals surface area contributed by atoms with Gasteiger partial charge in [-0.1, -0.05) is 45.9 Å². The minimum atomic E-state index is -1.08. The van der Waals surface area contributed by atoms with E-state index in [1.54, 1.807) is 6.92 Å². The normalized spacial score (nSPS) is 25.4. The van der Waals surface area contributed by atoms with Gasteiger partial charge in [-0.05, 0) is 75.0 Å². The summed E-state index contributed by atoms with van der Waals surface area (Å²) in [6, 6.07) is 5.55. The van der Waals surface area contributed by atoms with Gasteiger partial charge >= 0.3 is 5.97 Å². The van der Waals surface area contributed by atoms with Crippen LogP contribution in [0, 0.1) is 11.8 Å². The van der Waals surface area contributed by atoms with Crippen LogP contribution in [0.4, 0.5) is 0 Å². The van der Waals surface area contributed by atoms with Crippen LogP contribution in [-0.4, -0.2) is 49.5 Å². The maximum absolute atomic E-state index is 13.1. The van der Waals surface area contributed by atoms with Gasteiger partial charge in [0.1, 0.15) is 17.0 Å². The molecular formula is C27H40N2O4S. The lowest BCUT2D eigenvalue weighted by molar-refractivity contribution is -0.167. The zero-order chi connectivity index (χ0) is 25.4. The summed E-state index contributed by atoms with van der Waals surface area (Å²) in [4.78, 5) is 39.3. The van der Waals surface area contributed by atoms with Crippen molar-refractivity contribution in [1.82, 2.24) is 10.2 Å². The van der Waals surface area contributed by atoms with E-state index in [0.29, 0.717) is 11.8 Å². The quantitative estimate of drug-likeness (QED) is 0.476. The van der Waals surface area contributed by atoms with Gasteiger partial charge in [-0.2, -0.15) is 0 Å². The van der Waals surface area contributed by atoms with E-state index in [2.05, 4.69) is 51.2 Å². The van der Waals surface area contributed by atoms with Gasteiger partial charge < -0.3 is 15.3 Å². The molecule has 2 N–H and O–H groups in total. The summed E-state index contributed by atoms with van der Waals surface area (Å²) < 4.78 is -0.621. The van der Waals surface area contributed by atoms with Crippen molar-refractivity contribution in [3.05, 3.63) is 34.9 Å². The van der Waals surface area contributed by atoms with E-state index in [1.807, 2.05) is 13.8 Å². The number of nitrogens with zero attached hydrogens (tertiary/aromatic N) is 1. The van der Waals surface area contributed by atoms with Crippen LogP contribution in [0.5, 0.6) is 0 Å². The molecule has 2 fully saturated rings. The number of β-lactam (4-membered cyclic amide) rings is 1. The highest BCUT2D eigenvalue weighted by Gasteiger charge is 2.70. The van der Waals surface area contributed by atoms with Gasteiger partial charge in [0, 0.05) is 4.75 Å². The number of hydrogen-bond donors (Lipinski definition) is 2. The van der Waals surface area contributed by atoms with E-state index in [1.165, 1.54) is 27.8 Å². The highest BCUT2D eigenvalue weighted by molar-refractivity contribution is 8.01. The van der Waals surface area contributed by atoms with Gasteiger partial charge in [0.25, 0.3) is 5.91 Å². The largest absolute Gasteiger partial charge is 0.480 e. The third kappa shape index (κ3) is 5.29. The molecule has 2 aliphatic rings. The number of nitrogens with one attached hydrogen (secondary N) is 1. The molecule has 2 saturated heterocycles. The molecule has 0 radical (unpaired) electrons. The minimum Gasteiger partial charge on any atom is -0.480 e. The Morgan fingerprint density at radius 2 is 1.68 bits per heavy atom. The van der Waals surface area contributed by atoms with Crippen LogP contribution in [0.3, 0.4) is 0 Å². The van der Waals surface area contributed by atoms with Gasteiger partial charge in [-0.25, -0.2) is 4.79 Å². The Morgan fingerprint density at radius 3 is 2.26 bits per heavy atom. The van der Waals surface area contributed by atoms with Crippen molar-refractivity contribution < 1.29 is 19.5 Å². The summed E-state index contributed by atoms with van der Waals surface area (Å²) in [5, 5.41) is 12.2. The number of aliphatic carboxylic acids is 1. The van der Waals surface area contributed by atoms with Gasteiger partial charge in [0.15, 0.2) is 0 Å². The highest BCUT2D eigenvalue weighted by Crippen LogP contribution is 2.54. The van der Waals surface area contributed by atoms with Crippen LogP contribution in [-0.2, 0) is 33.6 Å². The number of hydrogen-bond acceptors (Lipinski definition) is 4. The Kier molecular flexibility index (Phi) is 7.76. The Labute approximate surface area is 208 Å². The molecule has 1 aromatic carbocycles. The molecule has 0 aliphatic carbocycles. The molecular weight excluding hydrogens is 448 g/mol. The summed E-state index contributed by atoms with van der Waals surface area (Å²) in [5.41, 5.74) is 2.43. The molecule has 0 bridgehead atoms. The SMILES string of the molecule is CC(C)CCc1ccc(CC(=O)N[C@@]2(C)C(=O)N3[C@@H](C(=O)O)C(C)(C)S[C@@H]32)c(CCC(C)C)c1. The zero-order valence-corrected chi connectivity index (χ0v) is 22.4. The van der Waals surface area contributed by atoms with Crippen LogP contribution in [0.25, 0.3) is 0 Å². The lowest BCUT2D eigenvalue weighted by Gasteiger charge is -2.51. The summed E-state index contributed by atoms with van der Waals surface area (Å²) >= 11 is 1.45. The number of fused-ring (bicyclic) bond motifs is 1. The first-order chi connectivity index (χ1) is 15.8. The van der Waals surface area contributed by atoms with E-state index in [0.717, 1.165) is 31.2 Å². The van der Waals surface area contributed by atoms with Gasteiger partial charge in [0.05, 0.1) is 6.42 Å². The minimum absolute atomic E-state index is 0.201. The smallest absolute Gasteiger partial charge is 0.327 e. The summed E-state index contributed by atoms with van der Waals surface area (Å²) in [7, 11) is 0. The van der Waals surface area contributed by atoms with E-state index in [4.69, 9.17) is 0 Å². The maximum atomic E-state index is 13.1. The summed E-state index contributed by atoms with van der Waals surface area (Å²) in [5.74, 6) is -0.310. The highest BCUT2D eigenvalue weighted by atomic mass is 32.2. The lowest BCUT2D eigenvalue weighted by Crippen LogP contribution is -2.78. The molecule has 2 heterocycles. The molecule has 7 heteroatoms. The van der Waals surface area contributed by atoms with Crippen molar-refractivity contribution >= 4 is 29.5 Å². The number of carbonyl (C=O) groups excluding carboxylic acids is 2. The van der Waals surface area contributed by atoms with E-state index < -0.39 is 22.3 Å². The number of carboxylic acid groups (broad SMARTS) is 1. The Morgan fingerprint density at radius 1 is 1.06 bits per heavy atom. The third-order valence-corrected chi connectivity index (χ3v) is 8.79. The van der Waals surface area contributed by atoms with Crippen molar-refractivity contribution in [2.75, 3.05) is 0 Å².